The summed E-state index contributed by atoms with van der Waals surface area (Å²) >= 11 is 6.38. The maximum atomic E-state index is 13.3. The molecule has 0 unspecified atom stereocenters. The van der Waals surface area contributed by atoms with E-state index >= 15 is 0 Å². The van der Waals surface area contributed by atoms with Crippen LogP contribution in [0, 0.1) is 11.8 Å². The van der Waals surface area contributed by atoms with Crippen molar-refractivity contribution in [2.45, 2.75) is 82.0 Å². The van der Waals surface area contributed by atoms with Crippen LogP contribution in [0.15, 0.2) is 66.1 Å². The van der Waals surface area contributed by atoms with E-state index in [0.717, 1.165) is 37.1 Å². The maximum absolute atomic E-state index is 13.3. The monoisotopic (exact) mass is 614 g/mol. The number of aryl methyl sites for hydroxylation is 1. The highest BCUT2D eigenvalue weighted by atomic mass is 35.5. The zero-order valence-corrected chi connectivity index (χ0v) is 26.4. The Hall–Kier alpha value is -2.55. The molecule has 1 aromatic rings. The highest BCUT2D eigenvalue weighted by Gasteiger charge is 2.46. The van der Waals surface area contributed by atoms with E-state index in [4.69, 9.17) is 16.3 Å². The number of carbonyl (C=O) groups is 1. The summed E-state index contributed by atoms with van der Waals surface area (Å²) in [4.78, 5) is 15.6. The quantitative estimate of drug-likeness (QED) is 0.294. The first-order valence-corrected chi connectivity index (χ1v) is 17.0. The fourth-order valence-electron chi connectivity index (χ4n) is 7.15. The molecule has 5 rings (SSSR count). The first-order chi connectivity index (χ1) is 19.8. The Bertz CT molecular complexity index is 1450. The van der Waals surface area contributed by atoms with Gasteiger partial charge in [0.05, 0.1) is 23.2 Å². The molecule has 0 radical (unpaired) electrons. The molecule has 2 aliphatic heterocycles. The Kier molecular flexibility index (Phi) is 8.72. The number of fused-ring (bicyclic) bond motifs is 4. The van der Waals surface area contributed by atoms with Crippen LogP contribution < -0.4 is 4.72 Å². The Morgan fingerprint density at radius 3 is 2.76 bits per heavy atom. The lowest BCUT2D eigenvalue weighted by Crippen LogP contribution is -2.50. The average molecular weight is 615 g/mol. The predicted octanol–water partition coefficient (Wildman–Crippen LogP) is 5.55. The maximum Gasteiger partial charge on any atom is 0.264 e. The molecule has 7 nitrogen and oxygen atoms in total. The number of sulfonamides is 1. The average Bonchev–Trinajstić information content (AvgIpc) is 3.03. The molecule has 0 aromatic heterocycles. The van der Waals surface area contributed by atoms with Gasteiger partial charge in [0, 0.05) is 29.1 Å². The number of benzene rings is 1. The van der Waals surface area contributed by atoms with E-state index in [0.29, 0.717) is 44.0 Å². The number of rotatable bonds is 0. The van der Waals surface area contributed by atoms with Gasteiger partial charge in [0.2, 0.25) is 10.0 Å². The van der Waals surface area contributed by atoms with E-state index in [2.05, 4.69) is 28.3 Å². The molecule has 9 heteroatoms. The SMILES string of the molecule is C=C1OC[C@]2(CCCc3cc(Cl)ccc32)CN2C[C@@H]3CC[C@H]3[C@](C)(O)/C=C/CC[C@H](C)S(=O)(=O)NC(=O)C(=C/C)/C=C\12. The molecule has 2 N–H and O–H groups in total. The zero-order valence-electron chi connectivity index (χ0n) is 24.9. The van der Waals surface area contributed by atoms with E-state index in [9.17, 15) is 18.3 Å². The molecule has 0 bridgehead atoms. The Morgan fingerprint density at radius 1 is 1.26 bits per heavy atom. The second-order valence-electron chi connectivity index (χ2n) is 12.7. The van der Waals surface area contributed by atoms with Gasteiger partial charge in [-0.2, -0.15) is 0 Å². The number of allylic oxidation sites excluding steroid dienone is 2. The van der Waals surface area contributed by atoms with Crippen molar-refractivity contribution in [3.05, 3.63) is 82.3 Å². The minimum absolute atomic E-state index is 0.0550. The van der Waals surface area contributed by atoms with E-state index < -0.39 is 26.8 Å². The van der Waals surface area contributed by atoms with Crippen molar-refractivity contribution >= 4 is 27.5 Å². The summed E-state index contributed by atoms with van der Waals surface area (Å²) < 4.78 is 34.7. The number of hydrogen-bond acceptors (Lipinski definition) is 6. The molecule has 5 atom stereocenters. The molecule has 1 saturated carbocycles. The van der Waals surface area contributed by atoms with Crippen LogP contribution in [0.2, 0.25) is 5.02 Å². The number of hydrogen-bond donors (Lipinski definition) is 2. The molecule has 4 aliphatic rings. The highest BCUT2D eigenvalue weighted by Crippen LogP contribution is 2.47. The van der Waals surface area contributed by atoms with Crippen LogP contribution in [0.25, 0.3) is 0 Å². The first kappa shape index (κ1) is 30.9. The lowest BCUT2D eigenvalue weighted by atomic mass is 9.64. The van der Waals surface area contributed by atoms with Crippen molar-refractivity contribution < 1.29 is 23.1 Å². The molecule has 2 fully saturated rings. The molecule has 1 aromatic carbocycles. The molecule has 1 spiro atoms. The van der Waals surface area contributed by atoms with Crippen LogP contribution >= 0.6 is 11.6 Å². The lowest BCUT2D eigenvalue weighted by Gasteiger charge is -2.48. The van der Waals surface area contributed by atoms with Crippen LogP contribution in [-0.2, 0) is 31.4 Å². The van der Waals surface area contributed by atoms with Gasteiger partial charge in [-0.3, -0.25) is 4.79 Å². The van der Waals surface area contributed by atoms with Gasteiger partial charge in [0.15, 0.2) is 0 Å². The van der Waals surface area contributed by atoms with Crippen molar-refractivity contribution in [3.63, 3.8) is 0 Å². The number of halogens is 1. The zero-order chi connectivity index (χ0) is 30.3. The van der Waals surface area contributed by atoms with E-state index in [1.807, 2.05) is 25.1 Å². The molecule has 228 valence electrons. The summed E-state index contributed by atoms with van der Waals surface area (Å²) in [6.45, 7) is 11.2. The second-order valence-corrected chi connectivity index (χ2v) is 15.3. The van der Waals surface area contributed by atoms with Gasteiger partial charge >= 0.3 is 0 Å². The summed E-state index contributed by atoms with van der Waals surface area (Å²) in [5.74, 6) is 0.0482. The van der Waals surface area contributed by atoms with Crippen molar-refractivity contribution in [2.75, 3.05) is 19.7 Å². The number of nitrogens with one attached hydrogen (secondary N) is 1. The number of aliphatic hydroxyl groups is 1. The van der Waals surface area contributed by atoms with Crippen molar-refractivity contribution in [1.82, 2.24) is 9.62 Å². The summed E-state index contributed by atoms with van der Waals surface area (Å²) in [6.07, 6.45) is 12.6. The Balaban J connectivity index is 1.60. The number of carbonyl (C=O) groups excluding carboxylic acids is 1. The third kappa shape index (κ3) is 6.08. The van der Waals surface area contributed by atoms with E-state index in [1.54, 1.807) is 26.0 Å². The minimum atomic E-state index is -3.91. The summed E-state index contributed by atoms with van der Waals surface area (Å²) in [5, 5.41) is 11.4. The predicted molar refractivity (Wildman–Crippen MR) is 166 cm³/mol. The largest absolute Gasteiger partial charge is 0.491 e. The van der Waals surface area contributed by atoms with Gasteiger partial charge in [-0.15, -0.1) is 0 Å². The number of nitrogens with zero attached hydrogens (tertiary/aromatic N) is 1. The van der Waals surface area contributed by atoms with Gasteiger partial charge in [-0.25, -0.2) is 13.1 Å². The van der Waals surface area contributed by atoms with Crippen LogP contribution in [0.1, 0.15) is 70.4 Å². The van der Waals surface area contributed by atoms with Crippen molar-refractivity contribution in [1.29, 1.82) is 0 Å². The van der Waals surface area contributed by atoms with Gasteiger partial charge in [0.1, 0.15) is 5.76 Å². The number of amides is 1. The fourth-order valence-corrected chi connectivity index (χ4v) is 8.37. The van der Waals surface area contributed by atoms with E-state index in [-0.39, 0.29) is 22.8 Å². The fraction of sp³-hybridized carbons (Fsp3) is 0.545. The van der Waals surface area contributed by atoms with Gasteiger partial charge in [-0.1, -0.05) is 42.5 Å². The molecule has 42 heavy (non-hydrogen) atoms. The second kappa shape index (κ2) is 11.9. The summed E-state index contributed by atoms with van der Waals surface area (Å²) in [7, 11) is -3.91. The standard InChI is InChI=1S/C33H43ClN2O5S/c1-5-24-18-30-23(3)41-21-33(16-8-10-25-17-27(34)12-14-29(25)33)20-36(30)19-26-11-13-28(26)32(4,38)15-7-6-9-22(2)42(39,40)35-31(24)37/h5,7,12,14-15,17-18,22,26,28,38H,3,6,8-11,13,16,19-21H2,1-2,4H3,(H,35,37)/b15-7+,24-5+,30-18+/t22-,26-,28+,32+,33-/m0/s1. The van der Waals surface area contributed by atoms with Crippen molar-refractivity contribution in [2.24, 2.45) is 11.8 Å². The third-order valence-electron chi connectivity index (χ3n) is 9.83. The Labute approximate surface area is 255 Å². The van der Waals surface area contributed by atoms with Crippen LogP contribution in [0.5, 0.6) is 0 Å². The topological polar surface area (TPSA) is 95.9 Å². The molecule has 1 amide bonds. The highest BCUT2D eigenvalue weighted by molar-refractivity contribution is 7.90. The first-order valence-electron chi connectivity index (χ1n) is 15.1. The molecular formula is C33H43ClN2O5S. The summed E-state index contributed by atoms with van der Waals surface area (Å²) in [6, 6.07) is 6.11. The summed E-state index contributed by atoms with van der Waals surface area (Å²) in [5.41, 5.74) is 2.02. The van der Waals surface area contributed by atoms with Crippen molar-refractivity contribution in [3.8, 4) is 0 Å². The molecule has 2 heterocycles. The smallest absolute Gasteiger partial charge is 0.264 e. The molecule has 1 saturated heterocycles. The third-order valence-corrected chi connectivity index (χ3v) is 11.8. The van der Waals surface area contributed by atoms with Gasteiger partial charge < -0.3 is 14.7 Å². The van der Waals surface area contributed by atoms with E-state index in [1.165, 1.54) is 11.1 Å². The number of ether oxygens (including phenoxy) is 1. The minimum Gasteiger partial charge on any atom is -0.491 e. The molecular weight excluding hydrogens is 572 g/mol. The van der Waals surface area contributed by atoms with Crippen LogP contribution in [0.4, 0.5) is 0 Å². The van der Waals surface area contributed by atoms with Crippen LogP contribution in [-0.4, -0.2) is 54.9 Å². The van der Waals surface area contributed by atoms with Crippen LogP contribution in [0.3, 0.4) is 0 Å². The molecule has 2 aliphatic carbocycles. The Morgan fingerprint density at radius 2 is 2.05 bits per heavy atom. The lowest BCUT2D eigenvalue weighted by molar-refractivity contribution is -0.115. The van der Waals surface area contributed by atoms with Gasteiger partial charge in [-0.05, 0) is 107 Å². The van der Waals surface area contributed by atoms with Gasteiger partial charge in [0.25, 0.3) is 5.91 Å². The normalized spacial score (nSPS) is 36.7.